The smallest absolute Gasteiger partial charge is 0.273 e. The fourth-order valence-electron chi connectivity index (χ4n) is 1.61. The van der Waals surface area contributed by atoms with E-state index in [0.717, 1.165) is 0 Å². The Morgan fingerprint density at radius 3 is 3.00 bits per heavy atom. The van der Waals surface area contributed by atoms with E-state index in [0.29, 0.717) is 18.7 Å². The summed E-state index contributed by atoms with van der Waals surface area (Å²) in [6, 6.07) is 3.43. The molecule has 3 N–H and O–H groups in total. The van der Waals surface area contributed by atoms with Gasteiger partial charge in [0.1, 0.15) is 5.69 Å². The number of pyridine rings is 1. The van der Waals surface area contributed by atoms with Gasteiger partial charge in [-0.05, 0) is 12.1 Å². The minimum absolute atomic E-state index is 0.119. The molecule has 0 aromatic carbocycles. The lowest BCUT2D eigenvalue weighted by atomic mass is 10.1. The van der Waals surface area contributed by atoms with Gasteiger partial charge in [0, 0.05) is 26.4 Å². The first-order valence-corrected chi connectivity index (χ1v) is 6.27. The van der Waals surface area contributed by atoms with Crippen LogP contribution < -0.4 is 5.73 Å². The number of rotatable bonds is 6. The second-order valence-corrected chi connectivity index (χ2v) is 3.91. The van der Waals surface area contributed by atoms with Crippen LogP contribution in [0.1, 0.15) is 16.1 Å². The maximum absolute atomic E-state index is 12.4. The van der Waals surface area contributed by atoms with Crippen LogP contribution >= 0.6 is 0 Å². The van der Waals surface area contributed by atoms with Gasteiger partial charge in [0.2, 0.25) is 0 Å². The molecule has 0 aliphatic heterocycles. The predicted octanol–water partition coefficient (Wildman–Crippen LogP) is -0.527. The van der Waals surface area contributed by atoms with Gasteiger partial charge in [0.15, 0.2) is 0 Å². The molecule has 1 aromatic rings. The van der Waals surface area contributed by atoms with Crippen LogP contribution in [0.25, 0.3) is 0 Å². The Morgan fingerprint density at radius 1 is 1.55 bits per heavy atom. The molecule has 1 rings (SSSR count). The fourth-order valence-corrected chi connectivity index (χ4v) is 1.61. The number of amides is 1. The van der Waals surface area contributed by atoms with Crippen LogP contribution in [0.4, 0.5) is 0 Å². The first-order valence-electron chi connectivity index (χ1n) is 6.27. The van der Waals surface area contributed by atoms with Crippen molar-refractivity contribution < 1.29 is 14.6 Å². The van der Waals surface area contributed by atoms with Crippen LogP contribution in [-0.4, -0.2) is 60.9 Å². The van der Waals surface area contributed by atoms with Gasteiger partial charge in [-0.25, -0.2) is 4.98 Å². The Balaban J connectivity index is 2.98. The van der Waals surface area contributed by atoms with Crippen molar-refractivity contribution >= 4 is 5.91 Å². The normalized spacial score (nSPS) is 9.75. The zero-order valence-corrected chi connectivity index (χ0v) is 11.5. The molecule has 0 radical (unpaired) electrons. The summed E-state index contributed by atoms with van der Waals surface area (Å²) in [7, 11) is 1.56. The highest BCUT2D eigenvalue weighted by Gasteiger charge is 2.18. The van der Waals surface area contributed by atoms with E-state index in [1.54, 1.807) is 19.2 Å². The van der Waals surface area contributed by atoms with Gasteiger partial charge in [0.25, 0.3) is 5.91 Å². The molecule has 0 atom stereocenters. The maximum Gasteiger partial charge on any atom is 0.273 e. The van der Waals surface area contributed by atoms with Gasteiger partial charge >= 0.3 is 0 Å². The predicted molar refractivity (Wildman–Crippen MR) is 75.0 cm³/mol. The standard InChI is InChI=1S/C14H19N3O3/c1-20-11-9-17(8-10-18)14(19)13-12(4-2-6-15)5-3-7-16-13/h3,5,7,18H,6,8-11,15H2,1H3. The van der Waals surface area contributed by atoms with Gasteiger partial charge in [-0.2, -0.15) is 0 Å². The van der Waals surface area contributed by atoms with Crippen LogP contribution in [-0.2, 0) is 4.74 Å². The minimum Gasteiger partial charge on any atom is -0.395 e. The molecule has 0 aliphatic carbocycles. The van der Waals surface area contributed by atoms with Crippen molar-refractivity contribution in [2.75, 3.05) is 40.0 Å². The number of aliphatic hydroxyl groups is 1. The summed E-state index contributed by atoms with van der Waals surface area (Å²) in [6.07, 6.45) is 1.54. The molecule has 6 nitrogen and oxygen atoms in total. The van der Waals surface area contributed by atoms with Crippen LogP contribution in [0.15, 0.2) is 18.3 Å². The van der Waals surface area contributed by atoms with Crippen LogP contribution in [0, 0.1) is 11.8 Å². The summed E-state index contributed by atoms with van der Waals surface area (Å²) in [4.78, 5) is 18.0. The van der Waals surface area contributed by atoms with Crippen molar-refractivity contribution in [3.63, 3.8) is 0 Å². The number of aliphatic hydroxyl groups excluding tert-OH is 1. The number of carbonyl (C=O) groups is 1. The third-order valence-electron chi connectivity index (χ3n) is 2.56. The van der Waals surface area contributed by atoms with E-state index in [1.165, 1.54) is 11.1 Å². The molecule has 20 heavy (non-hydrogen) atoms. The first-order chi connectivity index (χ1) is 9.74. The van der Waals surface area contributed by atoms with Gasteiger partial charge in [-0.3, -0.25) is 4.79 Å². The zero-order valence-electron chi connectivity index (χ0n) is 11.5. The zero-order chi connectivity index (χ0) is 14.8. The quantitative estimate of drug-likeness (QED) is 0.683. The lowest BCUT2D eigenvalue weighted by Gasteiger charge is -2.21. The van der Waals surface area contributed by atoms with Crippen molar-refractivity contribution in [2.45, 2.75) is 0 Å². The topological polar surface area (TPSA) is 88.7 Å². The molecule has 0 aliphatic rings. The number of aromatic nitrogens is 1. The van der Waals surface area contributed by atoms with E-state index >= 15 is 0 Å². The third kappa shape index (κ3) is 4.63. The Hall–Kier alpha value is -1.94. The number of hydrogen-bond donors (Lipinski definition) is 2. The number of ether oxygens (including phenoxy) is 1. The number of hydrogen-bond acceptors (Lipinski definition) is 5. The minimum atomic E-state index is -0.280. The Bertz CT molecular complexity index is 494. The molecule has 0 fully saturated rings. The summed E-state index contributed by atoms with van der Waals surface area (Å²) in [5.74, 6) is 5.26. The molecule has 0 bridgehead atoms. The second kappa shape index (κ2) is 9.04. The largest absolute Gasteiger partial charge is 0.395 e. The first kappa shape index (κ1) is 16.1. The maximum atomic E-state index is 12.4. The number of nitrogens with zero attached hydrogens (tertiary/aromatic N) is 2. The number of methoxy groups -OCH3 is 1. The van der Waals surface area contributed by atoms with E-state index in [1.807, 2.05) is 0 Å². The van der Waals surface area contributed by atoms with Crippen molar-refractivity contribution in [2.24, 2.45) is 5.73 Å². The molecular formula is C14H19N3O3. The van der Waals surface area contributed by atoms with E-state index < -0.39 is 0 Å². The summed E-state index contributed by atoms with van der Waals surface area (Å²) in [6.45, 7) is 1.10. The van der Waals surface area contributed by atoms with Gasteiger partial charge in [0.05, 0.1) is 25.3 Å². The SMILES string of the molecule is COCCN(CCO)C(=O)c1ncccc1C#CCN. The average molecular weight is 277 g/mol. The molecule has 108 valence electrons. The van der Waals surface area contributed by atoms with E-state index in [-0.39, 0.29) is 31.3 Å². The molecular weight excluding hydrogens is 258 g/mol. The van der Waals surface area contributed by atoms with Crippen molar-refractivity contribution in [1.29, 1.82) is 0 Å². The molecule has 0 spiro atoms. The Morgan fingerprint density at radius 2 is 2.35 bits per heavy atom. The number of carbonyl (C=O) groups excluding carboxylic acids is 1. The lowest BCUT2D eigenvalue weighted by Crippen LogP contribution is -2.37. The average Bonchev–Trinajstić information content (AvgIpc) is 2.49. The molecule has 0 saturated heterocycles. The van der Waals surface area contributed by atoms with E-state index in [9.17, 15) is 4.79 Å². The van der Waals surface area contributed by atoms with E-state index in [4.69, 9.17) is 15.6 Å². The van der Waals surface area contributed by atoms with Crippen molar-refractivity contribution in [3.05, 3.63) is 29.6 Å². The molecule has 0 saturated carbocycles. The highest BCUT2D eigenvalue weighted by atomic mass is 16.5. The molecule has 1 heterocycles. The summed E-state index contributed by atoms with van der Waals surface area (Å²) in [5.41, 5.74) is 6.13. The van der Waals surface area contributed by atoms with Crippen LogP contribution in [0.5, 0.6) is 0 Å². The van der Waals surface area contributed by atoms with Crippen molar-refractivity contribution in [3.8, 4) is 11.8 Å². The Kier molecular flexibility index (Phi) is 7.29. The van der Waals surface area contributed by atoms with Crippen LogP contribution in [0.2, 0.25) is 0 Å². The van der Waals surface area contributed by atoms with Crippen LogP contribution in [0.3, 0.4) is 0 Å². The second-order valence-electron chi connectivity index (χ2n) is 3.91. The van der Waals surface area contributed by atoms with E-state index in [2.05, 4.69) is 16.8 Å². The molecule has 0 unspecified atom stereocenters. The highest BCUT2D eigenvalue weighted by molar-refractivity contribution is 5.94. The van der Waals surface area contributed by atoms with Gasteiger partial charge < -0.3 is 20.5 Å². The summed E-state index contributed by atoms with van der Waals surface area (Å²) >= 11 is 0. The molecule has 1 amide bonds. The Labute approximate surface area is 118 Å². The fraction of sp³-hybridized carbons (Fsp3) is 0.429. The third-order valence-corrected chi connectivity index (χ3v) is 2.56. The number of nitrogens with two attached hydrogens (primary N) is 1. The molecule has 6 heteroatoms. The summed E-state index contributed by atoms with van der Waals surface area (Å²) < 4.78 is 4.96. The van der Waals surface area contributed by atoms with Gasteiger partial charge in [-0.15, -0.1) is 0 Å². The summed E-state index contributed by atoms with van der Waals surface area (Å²) in [5, 5.41) is 9.04. The molecule has 1 aromatic heterocycles. The monoisotopic (exact) mass is 277 g/mol. The lowest BCUT2D eigenvalue weighted by molar-refractivity contribution is 0.0650. The highest BCUT2D eigenvalue weighted by Crippen LogP contribution is 2.08. The van der Waals surface area contributed by atoms with Gasteiger partial charge in [-0.1, -0.05) is 11.8 Å². The van der Waals surface area contributed by atoms with Crippen molar-refractivity contribution in [1.82, 2.24) is 9.88 Å².